The monoisotopic (exact) mass is 540 g/mol. The van der Waals surface area contributed by atoms with Crippen molar-refractivity contribution in [1.82, 2.24) is 19.2 Å². The predicted octanol–water partition coefficient (Wildman–Crippen LogP) is 5.33. The van der Waals surface area contributed by atoms with E-state index in [1.807, 2.05) is 35.6 Å². The molecule has 0 bridgehead atoms. The van der Waals surface area contributed by atoms with E-state index in [1.54, 1.807) is 15.9 Å². The molecular formula is C27H32N4O4S2. The van der Waals surface area contributed by atoms with Crippen LogP contribution in [0.4, 0.5) is 0 Å². The number of esters is 1. The molecule has 4 heterocycles. The SMILES string of the molecule is CCCCCOC(=O)CSc1nnc2n(-c3ccc(C)cc3)c(=O)c3c4c(sc3n12)CO[C@H](C(C)C)C4. The molecule has 0 radical (unpaired) electrons. The van der Waals surface area contributed by atoms with Gasteiger partial charge in [-0.1, -0.05) is 63.1 Å². The van der Waals surface area contributed by atoms with Gasteiger partial charge in [0.2, 0.25) is 5.78 Å². The molecule has 1 atom stereocenters. The zero-order valence-corrected chi connectivity index (χ0v) is 23.3. The van der Waals surface area contributed by atoms with E-state index in [9.17, 15) is 9.59 Å². The molecule has 4 aromatic rings. The number of thioether (sulfide) groups is 1. The first-order valence-corrected chi connectivity index (χ1v) is 14.6. The Hall–Kier alpha value is -2.69. The highest BCUT2D eigenvalue weighted by Gasteiger charge is 2.30. The van der Waals surface area contributed by atoms with Crippen LogP contribution >= 0.6 is 23.1 Å². The fraction of sp³-hybridized carbons (Fsp3) is 0.481. The van der Waals surface area contributed by atoms with Crippen LogP contribution in [0.3, 0.4) is 0 Å². The van der Waals surface area contributed by atoms with Crippen LogP contribution in [0.25, 0.3) is 21.7 Å². The number of thiophene rings is 1. The lowest BCUT2D eigenvalue weighted by molar-refractivity contribution is -0.140. The summed E-state index contributed by atoms with van der Waals surface area (Å²) in [7, 11) is 0. The maximum atomic E-state index is 14.1. The Morgan fingerprint density at radius 1 is 1.24 bits per heavy atom. The summed E-state index contributed by atoms with van der Waals surface area (Å²) < 4.78 is 15.0. The van der Waals surface area contributed by atoms with Crippen molar-refractivity contribution < 1.29 is 14.3 Å². The summed E-state index contributed by atoms with van der Waals surface area (Å²) in [5.41, 5.74) is 2.79. The summed E-state index contributed by atoms with van der Waals surface area (Å²) in [6, 6.07) is 7.82. The molecule has 0 unspecified atom stereocenters. The molecule has 0 N–H and O–H groups in total. The number of aromatic nitrogens is 4. The highest BCUT2D eigenvalue weighted by Crippen LogP contribution is 2.37. The molecule has 0 saturated carbocycles. The molecule has 10 heteroatoms. The van der Waals surface area contributed by atoms with E-state index in [2.05, 4.69) is 31.0 Å². The first-order valence-electron chi connectivity index (χ1n) is 12.8. The van der Waals surface area contributed by atoms with Crippen LogP contribution in [0, 0.1) is 12.8 Å². The highest BCUT2D eigenvalue weighted by molar-refractivity contribution is 7.99. The second kappa shape index (κ2) is 11.0. The lowest BCUT2D eigenvalue weighted by Gasteiger charge is -2.26. The molecule has 196 valence electrons. The van der Waals surface area contributed by atoms with Crippen molar-refractivity contribution >= 4 is 45.1 Å². The van der Waals surface area contributed by atoms with Gasteiger partial charge in [-0.15, -0.1) is 21.5 Å². The van der Waals surface area contributed by atoms with Gasteiger partial charge >= 0.3 is 5.97 Å². The molecular weight excluding hydrogens is 508 g/mol. The Bertz CT molecular complexity index is 1490. The van der Waals surface area contributed by atoms with Gasteiger partial charge in [-0.3, -0.25) is 9.59 Å². The third-order valence-corrected chi connectivity index (χ3v) is 8.80. The minimum absolute atomic E-state index is 0.0606. The molecule has 1 aliphatic rings. The van der Waals surface area contributed by atoms with E-state index in [0.717, 1.165) is 45.8 Å². The number of ether oxygens (including phenoxy) is 2. The number of aryl methyl sites for hydroxylation is 1. The second-order valence-electron chi connectivity index (χ2n) is 9.79. The van der Waals surface area contributed by atoms with E-state index in [1.165, 1.54) is 11.8 Å². The van der Waals surface area contributed by atoms with Crippen molar-refractivity contribution in [3.63, 3.8) is 0 Å². The maximum Gasteiger partial charge on any atom is 0.316 e. The Morgan fingerprint density at radius 3 is 2.76 bits per heavy atom. The van der Waals surface area contributed by atoms with Crippen LogP contribution in [-0.2, 0) is 27.3 Å². The summed E-state index contributed by atoms with van der Waals surface area (Å²) >= 11 is 2.83. The zero-order chi connectivity index (χ0) is 26.1. The van der Waals surface area contributed by atoms with Crippen molar-refractivity contribution in [2.45, 2.75) is 71.2 Å². The van der Waals surface area contributed by atoms with E-state index >= 15 is 0 Å². The van der Waals surface area contributed by atoms with Crippen LogP contribution in [0.1, 0.15) is 56.0 Å². The molecule has 37 heavy (non-hydrogen) atoms. The summed E-state index contributed by atoms with van der Waals surface area (Å²) in [6.07, 6.45) is 3.73. The van der Waals surface area contributed by atoms with Gasteiger partial charge in [0.25, 0.3) is 5.56 Å². The predicted molar refractivity (Wildman–Crippen MR) is 147 cm³/mol. The van der Waals surface area contributed by atoms with Crippen molar-refractivity contribution in [2.24, 2.45) is 5.92 Å². The van der Waals surface area contributed by atoms with Gasteiger partial charge in [0.15, 0.2) is 5.16 Å². The van der Waals surface area contributed by atoms with Gasteiger partial charge in [0, 0.05) is 11.3 Å². The third kappa shape index (κ3) is 5.06. The molecule has 0 fully saturated rings. The Kier molecular flexibility index (Phi) is 7.69. The Labute approximate surface area is 224 Å². The summed E-state index contributed by atoms with van der Waals surface area (Å²) in [4.78, 5) is 28.3. The van der Waals surface area contributed by atoms with Crippen molar-refractivity contribution in [2.75, 3.05) is 12.4 Å². The van der Waals surface area contributed by atoms with Gasteiger partial charge in [-0.05, 0) is 37.0 Å². The molecule has 5 rings (SSSR count). The number of carbonyl (C=O) groups excluding carboxylic acids is 1. The van der Waals surface area contributed by atoms with Crippen molar-refractivity contribution in [1.29, 1.82) is 0 Å². The lowest BCUT2D eigenvalue weighted by Crippen LogP contribution is -2.28. The van der Waals surface area contributed by atoms with E-state index < -0.39 is 0 Å². The zero-order valence-electron chi connectivity index (χ0n) is 21.7. The van der Waals surface area contributed by atoms with Crippen LogP contribution in [-0.4, -0.2) is 43.6 Å². The normalized spacial score (nSPS) is 15.5. The largest absolute Gasteiger partial charge is 0.465 e. The number of unbranched alkanes of at least 4 members (excludes halogenated alkanes) is 2. The van der Waals surface area contributed by atoms with Gasteiger partial charge in [-0.25, -0.2) is 8.97 Å². The van der Waals surface area contributed by atoms with E-state index in [4.69, 9.17) is 9.47 Å². The topological polar surface area (TPSA) is 87.7 Å². The van der Waals surface area contributed by atoms with Crippen molar-refractivity contribution in [3.05, 3.63) is 50.6 Å². The van der Waals surface area contributed by atoms with Crippen LogP contribution in [0.5, 0.6) is 0 Å². The molecule has 1 aromatic carbocycles. The van der Waals surface area contributed by atoms with Gasteiger partial charge in [0.1, 0.15) is 4.83 Å². The number of benzene rings is 1. The molecule has 8 nitrogen and oxygen atoms in total. The number of carbonyl (C=O) groups is 1. The second-order valence-corrected chi connectivity index (χ2v) is 11.8. The first kappa shape index (κ1) is 25.9. The smallest absolute Gasteiger partial charge is 0.316 e. The van der Waals surface area contributed by atoms with E-state index in [0.29, 0.717) is 41.9 Å². The fourth-order valence-electron chi connectivity index (χ4n) is 4.59. The third-order valence-electron chi connectivity index (χ3n) is 6.71. The molecule has 3 aromatic heterocycles. The molecule has 0 spiro atoms. The molecule has 1 aliphatic heterocycles. The Balaban J connectivity index is 1.61. The van der Waals surface area contributed by atoms with Crippen molar-refractivity contribution in [3.8, 4) is 5.69 Å². The summed E-state index contributed by atoms with van der Waals surface area (Å²) in [5.74, 6) is 0.622. The summed E-state index contributed by atoms with van der Waals surface area (Å²) in [6.45, 7) is 9.32. The van der Waals surface area contributed by atoms with Crippen LogP contribution < -0.4 is 5.56 Å². The highest BCUT2D eigenvalue weighted by atomic mass is 32.2. The lowest BCUT2D eigenvalue weighted by atomic mass is 9.96. The summed E-state index contributed by atoms with van der Waals surface area (Å²) in [5, 5.41) is 10.1. The molecule has 0 amide bonds. The van der Waals surface area contributed by atoms with Gasteiger partial charge in [-0.2, -0.15) is 0 Å². The van der Waals surface area contributed by atoms with Crippen LogP contribution in [0.15, 0.2) is 34.2 Å². The number of hydrogen-bond acceptors (Lipinski definition) is 8. The average Bonchev–Trinajstić information content (AvgIpc) is 3.47. The maximum absolute atomic E-state index is 14.1. The molecule has 0 saturated heterocycles. The quantitative estimate of drug-likeness (QED) is 0.161. The number of nitrogens with zero attached hydrogens (tertiary/aromatic N) is 4. The minimum Gasteiger partial charge on any atom is -0.465 e. The standard InChI is InChI=1S/C27H32N4O4S2/c1-5-6-7-12-34-22(32)15-36-27-29-28-26-30(18-10-8-17(4)9-11-18)24(33)23-19-13-20(16(2)3)35-14-21(19)37-25(23)31(26)27/h8-11,16,20H,5-7,12-15H2,1-4H3/t20-/m0/s1. The van der Waals surface area contributed by atoms with Gasteiger partial charge < -0.3 is 9.47 Å². The number of fused-ring (bicyclic) bond motifs is 5. The Morgan fingerprint density at radius 2 is 2.03 bits per heavy atom. The van der Waals surface area contributed by atoms with Gasteiger partial charge in [0.05, 0.1) is 36.1 Å². The number of hydrogen-bond donors (Lipinski definition) is 0. The van der Waals surface area contributed by atoms with Crippen LogP contribution in [0.2, 0.25) is 0 Å². The minimum atomic E-state index is -0.278. The average molecular weight is 541 g/mol. The molecule has 0 aliphatic carbocycles. The fourth-order valence-corrected chi connectivity index (χ4v) is 6.62. The number of rotatable bonds is 9. The first-order chi connectivity index (χ1) is 17.9. The van der Waals surface area contributed by atoms with E-state index in [-0.39, 0.29) is 23.4 Å².